The number of benzene rings is 1. The van der Waals surface area contributed by atoms with Crippen molar-refractivity contribution in [1.82, 2.24) is 24.0 Å². The first-order valence-corrected chi connectivity index (χ1v) is 11.8. The number of nitrogens with one attached hydrogen (secondary N) is 2. The zero-order valence-corrected chi connectivity index (χ0v) is 19.8. The van der Waals surface area contributed by atoms with Crippen LogP contribution in [0.4, 0.5) is 28.0 Å². The van der Waals surface area contributed by atoms with Crippen molar-refractivity contribution < 1.29 is 22.4 Å². The minimum atomic E-state index is -4.71. The van der Waals surface area contributed by atoms with E-state index in [0.717, 1.165) is 18.3 Å². The molecular weight excluding hydrogens is 508 g/mol. The first kappa shape index (κ1) is 25.2. The summed E-state index contributed by atoms with van der Waals surface area (Å²) in [5.41, 5.74) is -0.675. The van der Waals surface area contributed by atoms with Crippen LogP contribution in [0.5, 0.6) is 0 Å². The molecule has 0 radical (unpaired) electrons. The molecule has 9 nitrogen and oxygen atoms in total. The fraction of sp³-hybridized carbons (Fsp3) is 0.280. The van der Waals surface area contributed by atoms with Gasteiger partial charge in [-0.1, -0.05) is 18.2 Å². The van der Waals surface area contributed by atoms with E-state index in [1.165, 1.54) is 23.1 Å². The second kappa shape index (κ2) is 9.80. The molecule has 0 saturated carbocycles. The van der Waals surface area contributed by atoms with Gasteiger partial charge in [-0.05, 0) is 37.1 Å². The molecule has 3 aromatic heterocycles. The Morgan fingerprint density at radius 2 is 1.84 bits per heavy atom. The highest BCUT2D eigenvalue weighted by Crippen LogP contribution is 2.27. The van der Waals surface area contributed by atoms with Gasteiger partial charge in [0.2, 0.25) is 0 Å². The highest BCUT2D eigenvalue weighted by atomic mass is 19.4. The average Bonchev–Trinajstić information content (AvgIpc) is 3.21. The number of anilines is 1. The third-order valence-corrected chi connectivity index (χ3v) is 6.47. The molecule has 38 heavy (non-hydrogen) atoms. The van der Waals surface area contributed by atoms with E-state index in [2.05, 4.69) is 15.3 Å². The number of aromatic nitrogens is 4. The molecule has 0 spiro atoms. The maximum absolute atomic E-state index is 14.4. The minimum Gasteiger partial charge on any atom is -0.324 e. The average molecular weight is 530 g/mol. The molecule has 1 saturated heterocycles. The summed E-state index contributed by atoms with van der Waals surface area (Å²) in [6, 6.07) is 9.22. The van der Waals surface area contributed by atoms with Gasteiger partial charge in [-0.15, -0.1) is 0 Å². The van der Waals surface area contributed by atoms with Crippen LogP contribution in [-0.2, 0) is 6.54 Å². The van der Waals surface area contributed by atoms with Gasteiger partial charge in [0.1, 0.15) is 18.0 Å². The van der Waals surface area contributed by atoms with Crippen molar-refractivity contribution in [2.75, 3.05) is 18.4 Å². The van der Waals surface area contributed by atoms with Crippen LogP contribution in [0.2, 0.25) is 0 Å². The van der Waals surface area contributed by atoms with Gasteiger partial charge in [0.15, 0.2) is 5.65 Å². The molecule has 0 unspecified atom stereocenters. The third-order valence-electron chi connectivity index (χ3n) is 6.47. The molecule has 198 valence electrons. The number of fused-ring (bicyclic) bond motifs is 1. The Morgan fingerprint density at radius 3 is 2.55 bits per heavy atom. The smallest absolute Gasteiger partial charge is 0.324 e. The number of imidazole rings is 1. The Kier molecular flexibility index (Phi) is 6.51. The van der Waals surface area contributed by atoms with Gasteiger partial charge < -0.3 is 14.8 Å². The largest absolute Gasteiger partial charge is 0.406 e. The van der Waals surface area contributed by atoms with E-state index in [0.29, 0.717) is 28.6 Å². The van der Waals surface area contributed by atoms with Crippen LogP contribution in [-0.4, -0.2) is 49.3 Å². The van der Waals surface area contributed by atoms with Gasteiger partial charge in [-0.3, -0.25) is 14.3 Å². The predicted molar refractivity (Wildman–Crippen MR) is 131 cm³/mol. The van der Waals surface area contributed by atoms with Crippen LogP contribution >= 0.6 is 0 Å². The van der Waals surface area contributed by atoms with Crippen molar-refractivity contribution in [3.05, 3.63) is 81.5 Å². The van der Waals surface area contributed by atoms with Crippen LogP contribution in [0.1, 0.15) is 18.9 Å². The number of urea groups is 1. The van der Waals surface area contributed by atoms with E-state index in [1.807, 2.05) is 0 Å². The van der Waals surface area contributed by atoms with Crippen molar-refractivity contribution in [2.24, 2.45) is 0 Å². The Morgan fingerprint density at radius 1 is 1.11 bits per heavy atom. The molecule has 4 aromatic rings. The van der Waals surface area contributed by atoms with Gasteiger partial charge in [0.05, 0.1) is 5.52 Å². The fourth-order valence-corrected chi connectivity index (χ4v) is 4.72. The van der Waals surface area contributed by atoms with Crippen LogP contribution in [0, 0.1) is 5.82 Å². The SMILES string of the molecule is O=C(Nc1cc(-c2ccccc2F)cn(CC(F)(F)F)c1=O)N1CCC(n2c(=O)[nH]c3ncccc32)CC1. The lowest BCUT2D eigenvalue weighted by Crippen LogP contribution is -2.43. The number of carbonyl (C=O) groups is 1. The summed E-state index contributed by atoms with van der Waals surface area (Å²) < 4.78 is 55.8. The molecule has 2 N–H and O–H groups in total. The van der Waals surface area contributed by atoms with Gasteiger partial charge in [0.25, 0.3) is 5.56 Å². The molecule has 5 rings (SSSR count). The lowest BCUT2D eigenvalue weighted by Gasteiger charge is -2.32. The standard InChI is InChI=1S/C25H22F4N6O3/c26-18-5-2-1-4-17(18)15-12-19(22(36)34(13-15)14-25(27,28)29)31-23(37)33-10-7-16(8-11-33)35-20-6-3-9-30-21(20)32-24(35)38/h1-6,9,12-13,16H,7-8,10-11,14H2,(H,31,37)(H,30,32,38). The van der Waals surface area contributed by atoms with E-state index in [1.54, 1.807) is 22.9 Å². The summed E-state index contributed by atoms with van der Waals surface area (Å²) in [4.78, 5) is 46.5. The molecule has 1 fully saturated rings. The van der Waals surface area contributed by atoms with Crippen LogP contribution in [0.25, 0.3) is 22.3 Å². The maximum atomic E-state index is 14.4. The van der Waals surface area contributed by atoms with Gasteiger partial charge >= 0.3 is 17.9 Å². The Labute approximate surface area is 212 Å². The normalized spacial score (nSPS) is 14.7. The topological polar surface area (TPSA) is 105 Å². The van der Waals surface area contributed by atoms with Crippen LogP contribution < -0.4 is 16.6 Å². The predicted octanol–water partition coefficient (Wildman–Crippen LogP) is 4.12. The summed E-state index contributed by atoms with van der Waals surface area (Å²) in [7, 11) is 0. The van der Waals surface area contributed by atoms with Crippen molar-refractivity contribution >= 4 is 22.9 Å². The van der Waals surface area contributed by atoms with Crippen LogP contribution in [0.3, 0.4) is 0 Å². The lowest BCUT2D eigenvalue weighted by molar-refractivity contribution is -0.141. The molecule has 0 bridgehead atoms. The third kappa shape index (κ3) is 5.04. The van der Waals surface area contributed by atoms with E-state index in [9.17, 15) is 31.9 Å². The van der Waals surface area contributed by atoms with Gasteiger partial charge in [-0.25, -0.2) is 19.0 Å². The summed E-state index contributed by atoms with van der Waals surface area (Å²) in [5, 5.41) is 2.41. The first-order valence-electron chi connectivity index (χ1n) is 11.8. The number of carbonyl (C=O) groups excluding carboxylic acids is 1. The quantitative estimate of drug-likeness (QED) is 0.387. The van der Waals surface area contributed by atoms with Crippen molar-refractivity contribution in [3.8, 4) is 11.1 Å². The highest BCUT2D eigenvalue weighted by Gasteiger charge is 2.30. The molecule has 0 aliphatic carbocycles. The zero-order valence-electron chi connectivity index (χ0n) is 19.8. The Balaban J connectivity index is 1.37. The van der Waals surface area contributed by atoms with E-state index < -0.39 is 35.8 Å². The van der Waals surface area contributed by atoms with Crippen molar-refractivity contribution in [2.45, 2.75) is 31.6 Å². The first-order chi connectivity index (χ1) is 18.1. The number of pyridine rings is 2. The highest BCUT2D eigenvalue weighted by molar-refractivity contribution is 5.90. The lowest BCUT2D eigenvalue weighted by atomic mass is 10.0. The van der Waals surface area contributed by atoms with Crippen molar-refractivity contribution in [3.63, 3.8) is 0 Å². The number of nitrogens with zero attached hydrogens (tertiary/aromatic N) is 4. The Bertz CT molecular complexity index is 1620. The number of piperidine rings is 1. The molecule has 4 heterocycles. The Hall–Kier alpha value is -4.42. The number of hydrogen-bond acceptors (Lipinski definition) is 4. The number of aromatic amines is 1. The number of rotatable bonds is 4. The minimum absolute atomic E-state index is 0.00767. The van der Waals surface area contributed by atoms with E-state index >= 15 is 0 Å². The van der Waals surface area contributed by atoms with Crippen molar-refractivity contribution in [1.29, 1.82) is 0 Å². The monoisotopic (exact) mass is 530 g/mol. The van der Waals surface area contributed by atoms with Gasteiger partial charge in [0, 0.05) is 42.7 Å². The number of hydrogen-bond donors (Lipinski definition) is 2. The van der Waals surface area contributed by atoms with Gasteiger partial charge in [-0.2, -0.15) is 13.2 Å². The second-order valence-corrected chi connectivity index (χ2v) is 8.99. The summed E-state index contributed by atoms with van der Waals surface area (Å²) >= 11 is 0. The molecule has 1 aromatic carbocycles. The molecule has 1 aliphatic heterocycles. The fourth-order valence-electron chi connectivity index (χ4n) is 4.72. The number of alkyl halides is 3. The zero-order chi connectivity index (χ0) is 27.0. The van der Waals surface area contributed by atoms with Crippen LogP contribution in [0.15, 0.2) is 64.4 Å². The summed E-state index contributed by atoms with van der Waals surface area (Å²) in [5.74, 6) is -0.688. The summed E-state index contributed by atoms with van der Waals surface area (Å²) in [6.45, 7) is -1.13. The van der Waals surface area contributed by atoms with E-state index in [4.69, 9.17) is 0 Å². The molecule has 0 atom stereocenters. The number of H-pyrrole nitrogens is 1. The molecule has 13 heteroatoms. The van der Waals surface area contributed by atoms with E-state index in [-0.39, 0.29) is 35.9 Å². The second-order valence-electron chi connectivity index (χ2n) is 8.99. The number of amides is 2. The maximum Gasteiger partial charge on any atom is 0.406 e. The number of likely N-dealkylation sites (tertiary alicyclic amines) is 1. The molecule has 2 amide bonds. The molecule has 1 aliphatic rings. The molecular formula is C25H22F4N6O3. The summed E-state index contributed by atoms with van der Waals surface area (Å²) in [6.07, 6.45) is -1.36. The number of halogens is 4.